The van der Waals surface area contributed by atoms with Gasteiger partial charge in [-0.05, 0) is 6.42 Å². The van der Waals surface area contributed by atoms with Crippen molar-refractivity contribution < 1.29 is 14.9 Å². The highest BCUT2D eigenvalue weighted by molar-refractivity contribution is 4.75. The maximum absolute atomic E-state index is 9.02. The van der Waals surface area contributed by atoms with Gasteiger partial charge in [-0.1, -0.05) is 6.08 Å². The monoisotopic (exact) mass is 160 g/mol. The van der Waals surface area contributed by atoms with Crippen LogP contribution >= 0.6 is 0 Å². The molecule has 0 spiro atoms. The molecule has 0 unspecified atom stereocenters. The van der Waals surface area contributed by atoms with Crippen LogP contribution in [0.5, 0.6) is 0 Å². The molecule has 2 N–H and O–H groups in total. The summed E-state index contributed by atoms with van der Waals surface area (Å²) in [6, 6.07) is 0. The molecule has 11 heavy (non-hydrogen) atoms. The molecule has 0 aliphatic carbocycles. The predicted octanol–water partition coefficient (Wildman–Crippen LogP) is 0.321. The van der Waals surface area contributed by atoms with E-state index in [2.05, 4.69) is 6.58 Å². The van der Waals surface area contributed by atoms with Gasteiger partial charge < -0.3 is 14.9 Å². The van der Waals surface area contributed by atoms with E-state index in [1.807, 2.05) is 0 Å². The van der Waals surface area contributed by atoms with Gasteiger partial charge >= 0.3 is 0 Å². The second kappa shape index (κ2) is 6.34. The summed E-state index contributed by atoms with van der Waals surface area (Å²) in [5.74, 6) is 0. The largest absolute Gasteiger partial charge is 0.394 e. The summed E-state index contributed by atoms with van der Waals surface area (Å²) in [7, 11) is 1.58. The van der Waals surface area contributed by atoms with Gasteiger partial charge in [0.2, 0.25) is 0 Å². The summed E-state index contributed by atoms with van der Waals surface area (Å²) in [6.07, 6.45) is 2.18. The molecule has 0 heterocycles. The Morgan fingerprint density at radius 2 is 2.27 bits per heavy atom. The zero-order valence-electron chi connectivity index (χ0n) is 6.86. The lowest BCUT2D eigenvalue weighted by molar-refractivity contribution is 0.0217. The smallest absolute Gasteiger partial charge is 0.0795 e. The third-order valence-corrected chi connectivity index (χ3v) is 1.51. The minimum absolute atomic E-state index is 0.0327. The van der Waals surface area contributed by atoms with Gasteiger partial charge in [0, 0.05) is 13.5 Å². The highest BCUT2D eigenvalue weighted by Gasteiger charge is 2.10. The van der Waals surface area contributed by atoms with E-state index >= 15 is 0 Å². The van der Waals surface area contributed by atoms with Crippen LogP contribution in [0.3, 0.4) is 0 Å². The fourth-order valence-corrected chi connectivity index (χ4v) is 0.853. The Bertz CT molecular complexity index is 104. The first-order valence-electron chi connectivity index (χ1n) is 3.67. The van der Waals surface area contributed by atoms with E-state index in [4.69, 9.17) is 14.9 Å². The second-order valence-corrected chi connectivity index (χ2v) is 2.45. The quantitative estimate of drug-likeness (QED) is 0.550. The third kappa shape index (κ3) is 4.95. The van der Waals surface area contributed by atoms with Gasteiger partial charge in [-0.3, -0.25) is 0 Å². The number of rotatable bonds is 6. The van der Waals surface area contributed by atoms with Crippen LogP contribution in [0, 0.1) is 0 Å². The topological polar surface area (TPSA) is 49.7 Å². The molecule has 0 aromatic rings. The molecule has 0 radical (unpaired) electrons. The van der Waals surface area contributed by atoms with Gasteiger partial charge in [0.1, 0.15) is 0 Å². The Hall–Kier alpha value is -0.380. The Kier molecular flexibility index (Phi) is 6.12. The van der Waals surface area contributed by atoms with Crippen LogP contribution in [0.15, 0.2) is 12.7 Å². The summed E-state index contributed by atoms with van der Waals surface area (Å²) < 4.78 is 5.02. The molecule has 0 aromatic heterocycles. The summed E-state index contributed by atoms with van der Waals surface area (Å²) >= 11 is 0. The lowest BCUT2D eigenvalue weighted by Gasteiger charge is -2.15. The van der Waals surface area contributed by atoms with E-state index < -0.39 is 6.10 Å². The average molecular weight is 160 g/mol. The number of aliphatic hydroxyl groups excluding tert-OH is 2. The van der Waals surface area contributed by atoms with Crippen molar-refractivity contribution in [1.82, 2.24) is 0 Å². The van der Waals surface area contributed by atoms with Crippen molar-refractivity contribution in [2.75, 3.05) is 13.7 Å². The molecule has 2 atom stereocenters. The normalized spacial score (nSPS) is 15.9. The molecular weight excluding hydrogens is 144 g/mol. The highest BCUT2D eigenvalue weighted by Crippen LogP contribution is 2.06. The lowest BCUT2D eigenvalue weighted by Crippen LogP contribution is -2.21. The Morgan fingerprint density at radius 1 is 1.64 bits per heavy atom. The van der Waals surface area contributed by atoms with Crippen LogP contribution in [0.25, 0.3) is 0 Å². The zero-order valence-corrected chi connectivity index (χ0v) is 6.86. The minimum Gasteiger partial charge on any atom is -0.394 e. The SMILES string of the molecule is C=CC[C@@H](C[C@H](O)CO)OC. The van der Waals surface area contributed by atoms with Gasteiger partial charge in [0.15, 0.2) is 0 Å². The average Bonchev–Trinajstić information content (AvgIpc) is 2.03. The van der Waals surface area contributed by atoms with Crippen molar-refractivity contribution in [3.63, 3.8) is 0 Å². The second-order valence-electron chi connectivity index (χ2n) is 2.45. The van der Waals surface area contributed by atoms with Gasteiger partial charge in [-0.15, -0.1) is 6.58 Å². The maximum Gasteiger partial charge on any atom is 0.0795 e. The first-order valence-corrected chi connectivity index (χ1v) is 3.67. The molecule has 3 heteroatoms. The molecule has 0 saturated heterocycles. The molecular formula is C8H16O3. The maximum atomic E-state index is 9.02. The van der Waals surface area contributed by atoms with E-state index in [1.54, 1.807) is 13.2 Å². The lowest BCUT2D eigenvalue weighted by atomic mass is 10.1. The summed E-state index contributed by atoms with van der Waals surface area (Å²) in [6.45, 7) is 3.35. The van der Waals surface area contributed by atoms with Crippen molar-refractivity contribution >= 4 is 0 Å². The Labute approximate surface area is 67.3 Å². The van der Waals surface area contributed by atoms with Crippen molar-refractivity contribution in [2.24, 2.45) is 0 Å². The minimum atomic E-state index is -0.681. The van der Waals surface area contributed by atoms with Crippen LogP contribution in [0.2, 0.25) is 0 Å². The van der Waals surface area contributed by atoms with Crippen LogP contribution in [0.1, 0.15) is 12.8 Å². The molecule has 0 amide bonds. The molecule has 0 aromatic carbocycles. The van der Waals surface area contributed by atoms with Crippen molar-refractivity contribution in [3.05, 3.63) is 12.7 Å². The highest BCUT2D eigenvalue weighted by atomic mass is 16.5. The van der Waals surface area contributed by atoms with E-state index in [9.17, 15) is 0 Å². The van der Waals surface area contributed by atoms with Gasteiger partial charge in [0.05, 0.1) is 18.8 Å². The van der Waals surface area contributed by atoms with Crippen LogP contribution in [0.4, 0.5) is 0 Å². The molecule has 0 rings (SSSR count). The van der Waals surface area contributed by atoms with Crippen LogP contribution in [-0.2, 0) is 4.74 Å². The van der Waals surface area contributed by atoms with Crippen LogP contribution < -0.4 is 0 Å². The van der Waals surface area contributed by atoms with Crippen molar-refractivity contribution in [2.45, 2.75) is 25.0 Å². The van der Waals surface area contributed by atoms with Crippen molar-refractivity contribution in [1.29, 1.82) is 0 Å². The van der Waals surface area contributed by atoms with Gasteiger partial charge in [-0.25, -0.2) is 0 Å². The van der Waals surface area contributed by atoms with E-state index in [-0.39, 0.29) is 12.7 Å². The molecule has 0 aliphatic rings. The summed E-state index contributed by atoms with van der Waals surface area (Å²) in [5.41, 5.74) is 0. The number of hydrogen-bond donors (Lipinski definition) is 2. The van der Waals surface area contributed by atoms with Crippen molar-refractivity contribution in [3.8, 4) is 0 Å². The summed E-state index contributed by atoms with van der Waals surface area (Å²) in [5, 5.41) is 17.5. The van der Waals surface area contributed by atoms with Gasteiger partial charge in [-0.2, -0.15) is 0 Å². The third-order valence-electron chi connectivity index (χ3n) is 1.51. The molecule has 0 bridgehead atoms. The first kappa shape index (κ1) is 10.6. The summed E-state index contributed by atoms with van der Waals surface area (Å²) in [4.78, 5) is 0. The number of ether oxygens (including phenoxy) is 1. The van der Waals surface area contributed by atoms with E-state index in [1.165, 1.54) is 0 Å². The predicted molar refractivity (Wildman–Crippen MR) is 43.3 cm³/mol. The standard InChI is InChI=1S/C8H16O3/c1-3-4-8(11-2)5-7(10)6-9/h3,7-10H,1,4-6H2,2H3/t7-,8-/m0/s1. The van der Waals surface area contributed by atoms with Gasteiger partial charge in [0.25, 0.3) is 0 Å². The molecule has 0 fully saturated rings. The zero-order chi connectivity index (χ0) is 8.69. The Morgan fingerprint density at radius 3 is 2.64 bits per heavy atom. The number of hydrogen-bond acceptors (Lipinski definition) is 3. The van der Waals surface area contributed by atoms with E-state index in [0.717, 1.165) is 0 Å². The van der Waals surface area contributed by atoms with E-state index in [0.29, 0.717) is 12.8 Å². The molecule has 0 aliphatic heterocycles. The first-order chi connectivity index (χ1) is 5.24. The molecule has 0 saturated carbocycles. The molecule has 3 nitrogen and oxygen atoms in total. The number of methoxy groups -OCH3 is 1. The Balaban J connectivity index is 3.57. The van der Waals surface area contributed by atoms with Crippen LogP contribution in [-0.4, -0.2) is 36.1 Å². The fourth-order valence-electron chi connectivity index (χ4n) is 0.853. The molecule has 66 valence electrons. The number of aliphatic hydroxyl groups is 2. The fraction of sp³-hybridized carbons (Fsp3) is 0.750.